The van der Waals surface area contributed by atoms with E-state index in [1.165, 1.54) is 37.3 Å². The Hall–Kier alpha value is -4.83. The van der Waals surface area contributed by atoms with Gasteiger partial charge in [-0.2, -0.15) is 0 Å². The molecule has 0 saturated heterocycles. The van der Waals surface area contributed by atoms with E-state index in [0.29, 0.717) is 18.0 Å². The van der Waals surface area contributed by atoms with Gasteiger partial charge in [-0.25, -0.2) is 8.42 Å². The number of benzene rings is 4. The summed E-state index contributed by atoms with van der Waals surface area (Å²) in [6.45, 7) is 5.55. The van der Waals surface area contributed by atoms with Crippen LogP contribution in [-0.2, 0) is 32.6 Å². The van der Waals surface area contributed by atoms with Gasteiger partial charge in [0, 0.05) is 25.6 Å². The second kappa shape index (κ2) is 15.4. The molecule has 0 fully saturated rings. The highest BCUT2D eigenvalue weighted by molar-refractivity contribution is 7.92. The molecule has 0 saturated carbocycles. The number of amides is 2. The number of likely N-dealkylation sites (N-methyl/N-ethyl adjacent to an activating group) is 1. The molecule has 0 radical (unpaired) electrons. The van der Waals surface area contributed by atoms with Gasteiger partial charge >= 0.3 is 0 Å². The third-order valence-corrected chi connectivity index (χ3v) is 9.43. The van der Waals surface area contributed by atoms with E-state index in [2.05, 4.69) is 5.32 Å². The highest BCUT2D eigenvalue weighted by Crippen LogP contribution is 2.34. The van der Waals surface area contributed by atoms with Crippen molar-refractivity contribution in [3.8, 4) is 11.5 Å². The minimum Gasteiger partial charge on any atom is -0.493 e. The maximum atomic E-state index is 14.5. The summed E-state index contributed by atoms with van der Waals surface area (Å²) in [7, 11) is -1.31. The van der Waals surface area contributed by atoms with Gasteiger partial charge in [0.1, 0.15) is 12.6 Å². The monoisotopic (exact) mass is 643 g/mol. The molecule has 0 spiro atoms. The number of carbonyl (C=O) groups is 2. The average Bonchev–Trinajstić information content (AvgIpc) is 3.06. The van der Waals surface area contributed by atoms with Crippen LogP contribution in [0.3, 0.4) is 0 Å². The van der Waals surface area contributed by atoms with Crippen LogP contribution in [0.5, 0.6) is 11.5 Å². The molecule has 4 aromatic carbocycles. The predicted molar refractivity (Wildman–Crippen MR) is 180 cm³/mol. The number of ether oxygens (including phenoxy) is 2. The van der Waals surface area contributed by atoms with E-state index in [-0.39, 0.29) is 29.5 Å². The highest BCUT2D eigenvalue weighted by Gasteiger charge is 2.34. The maximum Gasteiger partial charge on any atom is 0.264 e. The first-order valence-corrected chi connectivity index (χ1v) is 16.5. The van der Waals surface area contributed by atoms with E-state index < -0.39 is 28.5 Å². The molecule has 4 rings (SSSR count). The fourth-order valence-corrected chi connectivity index (χ4v) is 6.49. The second-order valence-corrected chi connectivity index (χ2v) is 12.8. The van der Waals surface area contributed by atoms with Gasteiger partial charge in [-0.05, 0) is 56.2 Å². The van der Waals surface area contributed by atoms with Crippen LogP contribution in [0.15, 0.2) is 102 Å². The van der Waals surface area contributed by atoms with Gasteiger partial charge in [0.05, 0.1) is 24.8 Å². The summed E-state index contributed by atoms with van der Waals surface area (Å²) in [5.41, 5.74) is 3.82. The van der Waals surface area contributed by atoms with Crippen LogP contribution in [-0.4, -0.2) is 58.5 Å². The molecule has 46 heavy (non-hydrogen) atoms. The van der Waals surface area contributed by atoms with Gasteiger partial charge in [0.15, 0.2) is 11.5 Å². The average molecular weight is 644 g/mol. The lowest BCUT2D eigenvalue weighted by Gasteiger charge is -2.34. The third-order valence-electron chi connectivity index (χ3n) is 7.64. The zero-order valence-corrected chi connectivity index (χ0v) is 27.7. The molecule has 10 heteroatoms. The van der Waals surface area contributed by atoms with Crippen molar-refractivity contribution in [1.82, 2.24) is 10.2 Å². The largest absolute Gasteiger partial charge is 0.493 e. The lowest BCUT2D eigenvalue weighted by molar-refractivity contribution is -0.140. The Morgan fingerprint density at radius 1 is 0.783 bits per heavy atom. The maximum absolute atomic E-state index is 14.5. The van der Waals surface area contributed by atoms with Crippen molar-refractivity contribution in [2.45, 2.75) is 44.7 Å². The first-order chi connectivity index (χ1) is 22.1. The zero-order valence-electron chi connectivity index (χ0n) is 26.9. The van der Waals surface area contributed by atoms with Crippen molar-refractivity contribution in [1.29, 1.82) is 0 Å². The Bertz CT molecular complexity index is 1730. The van der Waals surface area contributed by atoms with Gasteiger partial charge in [-0.15, -0.1) is 0 Å². The molecule has 9 nitrogen and oxygen atoms in total. The number of aryl methyl sites for hydroxylation is 2. The van der Waals surface area contributed by atoms with E-state index in [1.807, 2.05) is 75.4 Å². The van der Waals surface area contributed by atoms with Crippen LogP contribution in [0.2, 0.25) is 0 Å². The summed E-state index contributed by atoms with van der Waals surface area (Å²) in [5, 5.41) is 2.88. The molecule has 2 amide bonds. The minimum absolute atomic E-state index is 0.0235. The molecule has 0 aliphatic heterocycles. The van der Waals surface area contributed by atoms with Gasteiger partial charge < -0.3 is 19.7 Å². The molecule has 1 atom stereocenters. The number of hydrogen-bond donors (Lipinski definition) is 1. The molecular weight excluding hydrogens is 602 g/mol. The van der Waals surface area contributed by atoms with Gasteiger partial charge in [0.25, 0.3) is 10.0 Å². The summed E-state index contributed by atoms with van der Waals surface area (Å²) in [4.78, 5) is 29.7. The Morgan fingerprint density at radius 2 is 1.39 bits per heavy atom. The summed E-state index contributed by atoms with van der Waals surface area (Å²) >= 11 is 0. The summed E-state index contributed by atoms with van der Waals surface area (Å²) in [6, 6.07) is 27.3. The molecule has 0 aliphatic rings. The van der Waals surface area contributed by atoms with Gasteiger partial charge in [0.2, 0.25) is 11.8 Å². The van der Waals surface area contributed by atoms with E-state index in [9.17, 15) is 18.0 Å². The molecular formula is C36H41N3O6S. The Labute approximate surface area is 271 Å². The summed E-state index contributed by atoms with van der Waals surface area (Å²) < 4.78 is 40.4. The van der Waals surface area contributed by atoms with Crippen molar-refractivity contribution in [2.24, 2.45) is 0 Å². The number of hydrogen-bond acceptors (Lipinski definition) is 6. The van der Waals surface area contributed by atoms with Crippen molar-refractivity contribution in [3.63, 3.8) is 0 Å². The standard InChI is InChI=1S/C36H41N3O6S/c1-6-37-36(41)32(22-28-10-8-7-9-11-28)38(24-29-16-12-26(2)13-17-29)35(40)25-39(30-18-21-33(44-4)34(23-30)45-5)46(42,43)31-19-14-27(3)15-20-31/h7-21,23,32H,6,22,24-25H2,1-5H3,(H,37,41). The smallest absolute Gasteiger partial charge is 0.264 e. The molecule has 1 unspecified atom stereocenters. The minimum atomic E-state index is -4.25. The zero-order chi connectivity index (χ0) is 33.3. The number of carbonyl (C=O) groups excluding carboxylic acids is 2. The molecule has 4 aromatic rings. The summed E-state index contributed by atoms with van der Waals surface area (Å²) in [6.07, 6.45) is 0.241. The van der Waals surface area contributed by atoms with Crippen molar-refractivity contribution >= 4 is 27.5 Å². The normalized spacial score (nSPS) is 11.8. The number of nitrogens with zero attached hydrogens (tertiary/aromatic N) is 2. The number of methoxy groups -OCH3 is 2. The van der Waals surface area contributed by atoms with Crippen LogP contribution in [0.25, 0.3) is 0 Å². The fraction of sp³-hybridized carbons (Fsp3) is 0.278. The number of nitrogens with one attached hydrogen (secondary N) is 1. The van der Waals surface area contributed by atoms with Crippen LogP contribution in [0, 0.1) is 13.8 Å². The molecule has 0 aliphatic carbocycles. The van der Waals surface area contributed by atoms with Crippen LogP contribution < -0.4 is 19.1 Å². The van der Waals surface area contributed by atoms with E-state index in [1.54, 1.807) is 24.3 Å². The van der Waals surface area contributed by atoms with Gasteiger partial charge in [-0.1, -0.05) is 77.9 Å². The van der Waals surface area contributed by atoms with Crippen LogP contribution in [0.4, 0.5) is 5.69 Å². The fourth-order valence-electron chi connectivity index (χ4n) is 5.08. The van der Waals surface area contributed by atoms with Crippen LogP contribution in [0.1, 0.15) is 29.2 Å². The lowest BCUT2D eigenvalue weighted by atomic mass is 10.0. The highest BCUT2D eigenvalue weighted by atomic mass is 32.2. The molecule has 0 aromatic heterocycles. The van der Waals surface area contributed by atoms with Crippen LogP contribution >= 0.6 is 0 Å². The van der Waals surface area contributed by atoms with Crippen molar-refractivity contribution < 1.29 is 27.5 Å². The van der Waals surface area contributed by atoms with Gasteiger partial charge in [-0.3, -0.25) is 13.9 Å². The Morgan fingerprint density at radius 3 is 1.98 bits per heavy atom. The molecule has 0 bridgehead atoms. The quantitative estimate of drug-likeness (QED) is 0.200. The topological polar surface area (TPSA) is 105 Å². The van der Waals surface area contributed by atoms with E-state index in [4.69, 9.17) is 9.47 Å². The molecule has 242 valence electrons. The SMILES string of the molecule is CCNC(=O)C(Cc1ccccc1)N(Cc1ccc(C)cc1)C(=O)CN(c1ccc(OC)c(OC)c1)S(=O)(=O)c1ccc(C)cc1. The Balaban J connectivity index is 1.83. The van der Waals surface area contributed by atoms with Crippen molar-refractivity contribution in [2.75, 3.05) is 31.6 Å². The number of anilines is 1. The first kappa shape index (κ1) is 34.1. The Kier molecular flexibility index (Phi) is 11.4. The number of rotatable bonds is 14. The molecule has 0 heterocycles. The lowest BCUT2D eigenvalue weighted by Crippen LogP contribution is -2.53. The van der Waals surface area contributed by atoms with E-state index in [0.717, 1.165) is 26.6 Å². The van der Waals surface area contributed by atoms with E-state index >= 15 is 0 Å². The second-order valence-electron chi connectivity index (χ2n) is 11.0. The third kappa shape index (κ3) is 8.25. The molecule has 1 N–H and O–H groups in total. The van der Waals surface area contributed by atoms with Crippen molar-refractivity contribution in [3.05, 3.63) is 119 Å². The first-order valence-electron chi connectivity index (χ1n) is 15.1. The summed E-state index contributed by atoms with van der Waals surface area (Å²) in [5.74, 6) is -0.160. The predicted octanol–water partition coefficient (Wildman–Crippen LogP) is 5.29. The number of sulfonamides is 1.